The van der Waals surface area contributed by atoms with Gasteiger partial charge in [-0.25, -0.2) is 0 Å². The van der Waals surface area contributed by atoms with E-state index in [1.165, 1.54) is 11.7 Å². The van der Waals surface area contributed by atoms with Crippen LogP contribution in [0.4, 0.5) is 11.4 Å². The third kappa shape index (κ3) is 2.07. The Kier molecular flexibility index (Phi) is 3.43. The molecule has 0 spiro atoms. The molecule has 0 unspecified atom stereocenters. The van der Waals surface area contributed by atoms with Crippen molar-refractivity contribution in [3.8, 4) is 11.1 Å². The van der Waals surface area contributed by atoms with Gasteiger partial charge >= 0.3 is 0 Å². The molecule has 0 aliphatic heterocycles. The summed E-state index contributed by atoms with van der Waals surface area (Å²) in [6.07, 6.45) is 3.93. The van der Waals surface area contributed by atoms with Crippen LogP contribution in [0.1, 0.15) is 18.1 Å². The number of aryl methyl sites for hydroxylation is 1. The standard InChI is InChI=1S/C16H14N6S2/c1-3-4-8-6-10(18)12(16-14(8)20-24-22-16)11-9(17)5-7(2)13-15(11)21-23-19-13/h3-6H,17-18H2,1-2H3/b4-3+. The molecule has 0 radical (unpaired) electrons. The highest BCUT2D eigenvalue weighted by molar-refractivity contribution is 7.00. The number of rotatable bonds is 2. The van der Waals surface area contributed by atoms with Gasteiger partial charge in [-0.15, -0.1) is 0 Å². The molecule has 0 amide bonds. The average molecular weight is 354 g/mol. The average Bonchev–Trinajstić information content (AvgIpc) is 3.19. The fourth-order valence-corrected chi connectivity index (χ4v) is 4.13. The lowest BCUT2D eigenvalue weighted by Crippen LogP contribution is -1.99. The number of nitrogens with zero attached hydrogens (tertiary/aromatic N) is 4. The fraction of sp³-hybridized carbons (Fsp3) is 0.125. The predicted molar refractivity (Wildman–Crippen MR) is 102 cm³/mol. The van der Waals surface area contributed by atoms with Crippen LogP contribution in [-0.2, 0) is 0 Å². The van der Waals surface area contributed by atoms with Crippen LogP contribution in [-0.4, -0.2) is 17.5 Å². The van der Waals surface area contributed by atoms with Gasteiger partial charge in [-0.2, -0.15) is 17.5 Å². The van der Waals surface area contributed by atoms with E-state index in [4.69, 9.17) is 11.5 Å². The van der Waals surface area contributed by atoms with Crippen LogP contribution < -0.4 is 11.5 Å². The van der Waals surface area contributed by atoms with E-state index in [9.17, 15) is 0 Å². The summed E-state index contributed by atoms with van der Waals surface area (Å²) in [4.78, 5) is 0. The van der Waals surface area contributed by atoms with Gasteiger partial charge in [0.2, 0.25) is 0 Å². The van der Waals surface area contributed by atoms with E-state index in [1.807, 2.05) is 38.1 Å². The molecular formula is C16H14N6S2. The largest absolute Gasteiger partial charge is 0.398 e. The summed E-state index contributed by atoms with van der Waals surface area (Å²) in [5, 5.41) is 0. The Morgan fingerprint density at radius 3 is 2.04 bits per heavy atom. The second-order valence-corrected chi connectivity index (χ2v) is 6.57. The predicted octanol–water partition coefficient (Wildman–Crippen LogP) is 3.87. The van der Waals surface area contributed by atoms with Crippen molar-refractivity contribution in [2.45, 2.75) is 13.8 Å². The van der Waals surface area contributed by atoms with Gasteiger partial charge in [-0.3, -0.25) is 0 Å². The zero-order valence-corrected chi connectivity index (χ0v) is 14.7. The fourth-order valence-electron chi connectivity index (χ4n) is 2.94. The van der Waals surface area contributed by atoms with Crippen molar-refractivity contribution < 1.29 is 0 Å². The third-order valence-corrected chi connectivity index (χ3v) is 5.01. The molecule has 2 heterocycles. The molecule has 0 bridgehead atoms. The zero-order valence-electron chi connectivity index (χ0n) is 13.1. The Morgan fingerprint density at radius 1 is 0.833 bits per heavy atom. The van der Waals surface area contributed by atoms with E-state index < -0.39 is 0 Å². The molecular weight excluding hydrogens is 340 g/mol. The molecule has 0 saturated heterocycles. The zero-order chi connectivity index (χ0) is 16.8. The summed E-state index contributed by atoms with van der Waals surface area (Å²) in [6.45, 7) is 3.93. The van der Waals surface area contributed by atoms with E-state index >= 15 is 0 Å². The Bertz CT molecular complexity index is 1110. The highest BCUT2D eigenvalue weighted by Gasteiger charge is 2.21. The minimum absolute atomic E-state index is 0.605. The molecule has 0 aliphatic carbocycles. The van der Waals surface area contributed by atoms with E-state index in [0.29, 0.717) is 11.4 Å². The van der Waals surface area contributed by atoms with Gasteiger partial charge in [0, 0.05) is 28.1 Å². The maximum atomic E-state index is 6.38. The van der Waals surface area contributed by atoms with Gasteiger partial charge in [0.1, 0.15) is 22.1 Å². The van der Waals surface area contributed by atoms with Crippen LogP contribution in [0.2, 0.25) is 0 Å². The van der Waals surface area contributed by atoms with Gasteiger partial charge in [0.15, 0.2) is 0 Å². The number of fused-ring (bicyclic) bond motifs is 2. The van der Waals surface area contributed by atoms with Crippen molar-refractivity contribution in [1.82, 2.24) is 17.5 Å². The van der Waals surface area contributed by atoms with Crippen LogP contribution in [0.15, 0.2) is 18.2 Å². The normalized spacial score (nSPS) is 11.9. The SMILES string of the molecule is C/C=C/c1cc(N)c(-c2c(N)cc(C)c3nsnc23)c2nsnc12. The maximum Gasteiger partial charge on any atom is 0.115 e. The van der Waals surface area contributed by atoms with E-state index in [1.54, 1.807) is 0 Å². The van der Waals surface area contributed by atoms with Crippen molar-refractivity contribution in [1.29, 1.82) is 0 Å². The van der Waals surface area contributed by atoms with Gasteiger partial charge < -0.3 is 11.5 Å². The maximum absolute atomic E-state index is 6.38. The minimum atomic E-state index is 0.605. The van der Waals surface area contributed by atoms with Gasteiger partial charge in [-0.05, 0) is 31.5 Å². The molecule has 0 atom stereocenters. The van der Waals surface area contributed by atoms with Crippen LogP contribution >= 0.6 is 23.5 Å². The number of hydrogen-bond donors (Lipinski definition) is 2. The van der Waals surface area contributed by atoms with E-state index in [-0.39, 0.29) is 0 Å². The first-order valence-electron chi connectivity index (χ1n) is 7.31. The topological polar surface area (TPSA) is 104 Å². The molecule has 24 heavy (non-hydrogen) atoms. The molecule has 0 saturated carbocycles. The first-order chi connectivity index (χ1) is 11.6. The molecule has 0 fully saturated rings. The summed E-state index contributed by atoms with van der Waals surface area (Å²) in [5.74, 6) is 0. The van der Waals surface area contributed by atoms with Gasteiger partial charge in [0.25, 0.3) is 0 Å². The van der Waals surface area contributed by atoms with Crippen molar-refractivity contribution in [3.05, 3.63) is 29.3 Å². The Hall–Kier alpha value is -2.58. The summed E-state index contributed by atoms with van der Waals surface area (Å²) >= 11 is 2.33. The monoisotopic (exact) mass is 354 g/mol. The molecule has 8 heteroatoms. The molecule has 4 rings (SSSR count). The lowest BCUT2D eigenvalue weighted by Gasteiger charge is -2.12. The second-order valence-electron chi connectivity index (χ2n) is 5.51. The first kappa shape index (κ1) is 15.0. The van der Waals surface area contributed by atoms with Gasteiger partial charge in [-0.1, -0.05) is 12.2 Å². The highest BCUT2D eigenvalue weighted by atomic mass is 32.1. The molecule has 2 aromatic heterocycles. The Morgan fingerprint density at radius 2 is 1.38 bits per heavy atom. The van der Waals surface area contributed by atoms with Crippen LogP contribution in [0.5, 0.6) is 0 Å². The van der Waals surface area contributed by atoms with Crippen molar-refractivity contribution in [3.63, 3.8) is 0 Å². The molecule has 2 aromatic carbocycles. The molecule has 120 valence electrons. The molecule has 4 aromatic rings. The number of nitrogen functional groups attached to an aromatic ring is 2. The van der Waals surface area contributed by atoms with Crippen LogP contribution in [0.3, 0.4) is 0 Å². The van der Waals surface area contributed by atoms with Crippen LogP contribution in [0, 0.1) is 6.92 Å². The Balaban J connectivity index is 2.16. The smallest absolute Gasteiger partial charge is 0.115 e. The third-order valence-electron chi connectivity index (χ3n) is 3.95. The highest BCUT2D eigenvalue weighted by Crippen LogP contribution is 2.42. The number of nitrogens with two attached hydrogens (primary N) is 2. The first-order valence-corrected chi connectivity index (χ1v) is 8.77. The number of benzene rings is 2. The number of aromatic nitrogens is 4. The summed E-state index contributed by atoms with van der Waals surface area (Å²) in [6, 6.07) is 3.81. The Labute approximate surface area is 146 Å². The lowest BCUT2D eigenvalue weighted by atomic mass is 9.95. The number of allylic oxidation sites excluding steroid dienone is 1. The summed E-state index contributed by atoms with van der Waals surface area (Å²) < 4.78 is 17.7. The van der Waals surface area contributed by atoms with Crippen LogP contribution in [0.25, 0.3) is 39.3 Å². The van der Waals surface area contributed by atoms with E-state index in [0.717, 1.165) is 56.0 Å². The van der Waals surface area contributed by atoms with Crippen molar-refractivity contribution in [2.24, 2.45) is 0 Å². The molecule has 0 aliphatic rings. The molecule has 4 N–H and O–H groups in total. The van der Waals surface area contributed by atoms with E-state index in [2.05, 4.69) is 17.5 Å². The quantitative estimate of drug-likeness (QED) is 0.530. The number of anilines is 2. The minimum Gasteiger partial charge on any atom is -0.398 e. The number of hydrogen-bond acceptors (Lipinski definition) is 8. The van der Waals surface area contributed by atoms with Crippen molar-refractivity contribution in [2.75, 3.05) is 11.5 Å². The second kappa shape index (κ2) is 5.50. The summed E-state index contributed by atoms with van der Waals surface area (Å²) in [7, 11) is 0. The summed E-state index contributed by atoms with van der Waals surface area (Å²) in [5.41, 5.74) is 20.6. The lowest BCUT2D eigenvalue weighted by molar-refractivity contribution is 1.48. The molecule has 6 nitrogen and oxygen atoms in total. The van der Waals surface area contributed by atoms with Crippen molar-refractivity contribution >= 4 is 63.0 Å². The van der Waals surface area contributed by atoms with Gasteiger partial charge in [0.05, 0.1) is 23.5 Å².